The highest BCUT2D eigenvalue weighted by molar-refractivity contribution is 5.84. The lowest BCUT2D eigenvalue weighted by Gasteiger charge is -2.03. The van der Waals surface area contributed by atoms with Crippen molar-refractivity contribution < 1.29 is 18.7 Å². The molecule has 7 nitrogen and oxygen atoms in total. The summed E-state index contributed by atoms with van der Waals surface area (Å²) in [4.78, 5) is 34.8. The number of hydrogen-bond donors (Lipinski definition) is 2. The summed E-state index contributed by atoms with van der Waals surface area (Å²) in [5.41, 5.74) is -1.48. The van der Waals surface area contributed by atoms with Gasteiger partial charge < -0.3 is 9.52 Å². The van der Waals surface area contributed by atoms with Crippen LogP contribution in [0.4, 0.5) is 4.39 Å². The number of nitrogens with zero attached hydrogens (tertiary/aromatic N) is 1. The Kier molecular flexibility index (Phi) is 3.07. The molecular formula is C11H9FN2O5. The van der Waals surface area contributed by atoms with E-state index in [-0.39, 0.29) is 12.3 Å². The zero-order chi connectivity index (χ0) is 14.2. The highest BCUT2D eigenvalue weighted by Crippen LogP contribution is 2.15. The van der Waals surface area contributed by atoms with E-state index in [1.54, 1.807) is 4.98 Å². The van der Waals surface area contributed by atoms with E-state index in [0.29, 0.717) is 11.3 Å². The Labute approximate surface area is 104 Å². The molecule has 0 radical (unpaired) electrons. The second kappa shape index (κ2) is 4.56. The molecular weight excluding hydrogens is 259 g/mol. The Hall–Kier alpha value is -2.64. The first-order valence-corrected chi connectivity index (χ1v) is 5.20. The van der Waals surface area contributed by atoms with E-state index in [9.17, 15) is 18.8 Å². The highest BCUT2D eigenvalue weighted by atomic mass is 19.1. The van der Waals surface area contributed by atoms with Crippen molar-refractivity contribution in [2.45, 2.75) is 13.5 Å². The molecule has 19 heavy (non-hydrogen) atoms. The number of hydrogen-bond acceptors (Lipinski definition) is 4. The molecule has 0 saturated heterocycles. The van der Waals surface area contributed by atoms with Gasteiger partial charge in [0.1, 0.15) is 5.76 Å². The van der Waals surface area contributed by atoms with Gasteiger partial charge >= 0.3 is 11.7 Å². The summed E-state index contributed by atoms with van der Waals surface area (Å²) in [5.74, 6) is -2.31. The number of nitrogens with one attached hydrogen (secondary N) is 1. The molecule has 100 valence electrons. The van der Waals surface area contributed by atoms with Crippen LogP contribution in [0.3, 0.4) is 0 Å². The lowest BCUT2D eigenvalue weighted by molar-refractivity contribution is 0.0661. The lowest BCUT2D eigenvalue weighted by Crippen LogP contribution is -2.31. The quantitative estimate of drug-likeness (QED) is 0.834. The predicted molar refractivity (Wildman–Crippen MR) is 60.8 cm³/mol. The number of aromatic amines is 1. The molecule has 2 rings (SSSR count). The molecule has 0 saturated carbocycles. The third kappa shape index (κ3) is 2.46. The van der Waals surface area contributed by atoms with Gasteiger partial charge in [0.05, 0.1) is 12.7 Å². The molecule has 0 bridgehead atoms. The first kappa shape index (κ1) is 12.8. The third-order valence-corrected chi connectivity index (χ3v) is 2.54. The fourth-order valence-corrected chi connectivity index (χ4v) is 1.57. The van der Waals surface area contributed by atoms with Crippen molar-refractivity contribution in [2.75, 3.05) is 0 Å². The van der Waals surface area contributed by atoms with Gasteiger partial charge in [-0.15, -0.1) is 0 Å². The maximum Gasteiger partial charge on any atom is 0.371 e. The van der Waals surface area contributed by atoms with Gasteiger partial charge in [-0.2, -0.15) is 4.39 Å². The van der Waals surface area contributed by atoms with Crippen LogP contribution in [0, 0.1) is 12.7 Å². The number of furan rings is 1. The lowest BCUT2D eigenvalue weighted by atomic mass is 10.2. The normalized spacial score (nSPS) is 10.6. The van der Waals surface area contributed by atoms with Crippen LogP contribution in [0.25, 0.3) is 0 Å². The van der Waals surface area contributed by atoms with Gasteiger partial charge in [-0.3, -0.25) is 14.3 Å². The summed E-state index contributed by atoms with van der Waals surface area (Å²) < 4.78 is 19.0. The summed E-state index contributed by atoms with van der Waals surface area (Å²) in [7, 11) is 0. The minimum absolute atomic E-state index is 0.102. The Bertz CT molecular complexity index is 755. The Morgan fingerprint density at radius 1 is 1.53 bits per heavy atom. The maximum atomic E-state index is 13.1. The number of rotatable bonds is 3. The molecule has 0 amide bonds. The van der Waals surface area contributed by atoms with E-state index in [2.05, 4.69) is 0 Å². The van der Waals surface area contributed by atoms with E-state index in [1.165, 1.54) is 13.0 Å². The first-order chi connectivity index (χ1) is 8.88. The van der Waals surface area contributed by atoms with E-state index < -0.39 is 23.0 Å². The van der Waals surface area contributed by atoms with Gasteiger partial charge in [0, 0.05) is 5.56 Å². The third-order valence-electron chi connectivity index (χ3n) is 2.54. The van der Waals surface area contributed by atoms with Crippen molar-refractivity contribution in [1.29, 1.82) is 0 Å². The van der Waals surface area contributed by atoms with E-state index in [4.69, 9.17) is 9.52 Å². The SMILES string of the molecule is Cc1oc(C(=O)O)cc1Cn1cc(F)c(=O)[nH]c1=O. The number of aromatic carboxylic acids is 1. The van der Waals surface area contributed by atoms with Crippen LogP contribution in [0.5, 0.6) is 0 Å². The molecule has 0 atom stereocenters. The van der Waals surface area contributed by atoms with Crippen molar-refractivity contribution in [3.05, 3.63) is 56.0 Å². The predicted octanol–water partition coefficient (Wildman–Crippen LogP) is 0.324. The minimum Gasteiger partial charge on any atom is -0.475 e. The summed E-state index contributed by atoms with van der Waals surface area (Å²) in [5, 5.41) is 8.75. The monoisotopic (exact) mass is 268 g/mol. The molecule has 2 N–H and O–H groups in total. The van der Waals surface area contributed by atoms with Gasteiger partial charge in [-0.05, 0) is 13.0 Å². The average molecular weight is 268 g/mol. The zero-order valence-electron chi connectivity index (χ0n) is 9.77. The van der Waals surface area contributed by atoms with Crippen LogP contribution in [-0.2, 0) is 6.54 Å². The number of H-pyrrole nitrogens is 1. The molecule has 0 fully saturated rings. The van der Waals surface area contributed by atoms with Crippen molar-refractivity contribution in [3.8, 4) is 0 Å². The van der Waals surface area contributed by atoms with Crippen LogP contribution >= 0.6 is 0 Å². The van der Waals surface area contributed by atoms with E-state index in [0.717, 1.165) is 10.8 Å². The zero-order valence-corrected chi connectivity index (χ0v) is 9.77. The number of aromatic nitrogens is 2. The highest BCUT2D eigenvalue weighted by Gasteiger charge is 2.14. The fourth-order valence-electron chi connectivity index (χ4n) is 1.57. The smallest absolute Gasteiger partial charge is 0.371 e. The first-order valence-electron chi connectivity index (χ1n) is 5.20. The number of carbonyl (C=O) groups is 1. The van der Waals surface area contributed by atoms with Gasteiger partial charge in [0.25, 0.3) is 5.56 Å². The number of aryl methyl sites for hydroxylation is 1. The molecule has 0 aliphatic heterocycles. The van der Waals surface area contributed by atoms with Crippen LogP contribution in [0.1, 0.15) is 21.9 Å². The molecule has 0 spiro atoms. The number of carboxylic acid groups (broad SMARTS) is 1. The van der Waals surface area contributed by atoms with Gasteiger partial charge in [0.15, 0.2) is 0 Å². The van der Waals surface area contributed by atoms with Crippen LogP contribution in [0.15, 0.2) is 26.3 Å². The Morgan fingerprint density at radius 2 is 2.21 bits per heavy atom. The summed E-state index contributed by atoms with van der Waals surface area (Å²) in [6.45, 7) is 1.42. The molecule has 2 aromatic rings. The molecule has 0 aliphatic carbocycles. The number of carboxylic acids is 1. The standard InChI is InChI=1S/C11H9FN2O5/c1-5-6(2-8(19-5)10(16)17)3-14-4-7(12)9(15)13-11(14)18/h2,4H,3H2,1H3,(H,16,17)(H,13,15,18). The maximum absolute atomic E-state index is 13.1. The topological polar surface area (TPSA) is 105 Å². The molecule has 2 heterocycles. The summed E-state index contributed by atoms with van der Waals surface area (Å²) in [6.07, 6.45) is 0.758. The Balaban J connectivity index is 2.42. The van der Waals surface area contributed by atoms with Crippen LogP contribution < -0.4 is 11.2 Å². The molecule has 0 aliphatic rings. The van der Waals surface area contributed by atoms with Gasteiger partial charge in [-0.25, -0.2) is 9.59 Å². The van der Waals surface area contributed by atoms with Crippen LogP contribution in [0.2, 0.25) is 0 Å². The van der Waals surface area contributed by atoms with E-state index >= 15 is 0 Å². The van der Waals surface area contributed by atoms with Crippen molar-refractivity contribution in [3.63, 3.8) is 0 Å². The number of halogens is 1. The fraction of sp³-hybridized carbons (Fsp3) is 0.182. The second-order valence-electron chi connectivity index (χ2n) is 3.86. The molecule has 2 aromatic heterocycles. The second-order valence-corrected chi connectivity index (χ2v) is 3.86. The molecule has 0 unspecified atom stereocenters. The van der Waals surface area contributed by atoms with Gasteiger partial charge in [0.2, 0.25) is 11.6 Å². The van der Waals surface area contributed by atoms with Gasteiger partial charge in [-0.1, -0.05) is 0 Å². The largest absolute Gasteiger partial charge is 0.475 e. The minimum atomic E-state index is -1.24. The Morgan fingerprint density at radius 3 is 2.79 bits per heavy atom. The van der Waals surface area contributed by atoms with Crippen molar-refractivity contribution in [2.24, 2.45) is 0 Å². The van der Waals surface area contributed by atoms with Crippen molar-refractivity contribution in [1.82, 2.24) is 9.55 Å². The van der Waals surface area contributed by atoms with Crippen molar-refractivity contribution >= 4 is 5.97 Å². The summed E-state index contributed by atoms with van der Waals surface area (Å²) >= 11 is 0. The molecule has 0 aromatic carbocycles. The van der Waals surface area contributed by atoms with E-state index in [1.807, 2.05) is 0 Å². The van der Waals surface area contributed by atoms with Crippen LogP contribution in [-0.4, -0.2) is 20.6 Å². The summed E-state index contributed by atoms with van der Waals surface area (Å²) in [6, 6.07) is 1.24. The molecule has 8 heteroatoms. The average Bonchev–Trinajstić information content (AvgIpc) is 2.68.